The zero-order valence-electron chi connectivity index (χ0n) is 19.8. The molecule has 2 unspecified atom stereocenters. The molecule has 1 aromatic heterocycles. The van der Waals surface area contributed by atoms with E-state index in [0.29, 0.717) is 38.2 Å². The summed E-state index contributed by atoms with van der Waals surface area (Å²) < 4.78 is 13.5. The molecule has 1 amide bonds. The van der Waals surface area contributed by atoms with Crippen molar-refractivity contribution < 1.29 is 19.1 Å². The lowest BCUT2D eigenvalue weighted by molar-refractivity contribution is -0.0747. The van der Waals surface area contributed by atoms with Crippen molar-refractivity contribution >= 4 is 11.9 Å². The third-order valence-corrected chi connectivity index (χ3v) is 7.68. The van der Waals surface area contributed by atoms with Crippen molar-refractivity contribution in [2.45, 2.75) is 44.3 Å². The van der Waals surface area contributed by atoms with Gasteiger partial charge in [0, 0.05) is 24.6 Å². The van der Waals surface area contributed by atoms with Gasteiger partial charge in [-0.05, 0) is 42.0 Å². The number of carbonyl (C=O) groups excluding carboxylic acids is 2. The van der Waals surface area contributed by atoms with E-state index >= 15 is 0 Å². The van der Waals surface area contributed by atoms with Gasteiger partial charge in [0.25, 0.3) is 0 Å². The summed E-state index contributed by atoms with van der Waals surface area (Å²) in [5.74, 6) is -0.00788. The molecule has 3 heterocycles. The van der Waals surface area contributed by atoms with Gasteiger partial charge in [-0.3, -0.25) is 14.4 Å². The Morgan fingerprint density at radius 3 is 2.23 bits per heavy atom. The minimum absolute atomic E-state index is 0.0247. The molecule has 0 radical (unpaired) electrons. The van der Waals surface area contributed by atoms with E-state index in [-0.39, 0.29) is 35.8 Å². The number of hydrogen-bond acceptors (Lipinski definition) is 5. The number of benzene rings is 2. The van der Waals surface area contributed by atoms with Crippen molar-refractivity contribution in [3.63, 3.8) is 0 Å². The highest BCUT2D eigenvalue weighted by Gasteiger charge is 2.45. The molecule has 0 N–H and O–H groups in total. The largest absolute Gasteiger partial charge is 0.448 e. The van der Waals surface area contributed by atoms with Crippen LogP contribution in [0.3, 0.4) is 0 Å². The summed E-state index contributed by atoms with van der Waals surface area (Å²) in [5.41, 5.74) is 5.45. The van der Waals surface area contributed by atoms with Crippen molar-refractivity contribution in [1.29, 1.82) is 0 Å². The number of aromatic nitrogens is 2. The number of ketones is 1. The molecule has 7 nitrogen and oxygen atoms in total. The van der Waals surface area contributed by atoms with Gasteiger partial charge in [0.2, 0.25) is 0 Å². The fraction of sp³-hybridized carbons (Fsp3) is 0.393. The maximum absolute atomic E-state index is 13.3. The molecular weight excluding hydrogens is 442 g/mol. The molecule has 2 fully saturated rings. The molecule has 3 aromatic rings. The highest BCUT2D eigenvalue weighted by atomic mass is 16.6. The Balaban J connectivity index is 1.16. The predicted octanol–water partition coefficient (Wildman–Crippen LogP) is 4.51. The van der Waals surface area contributed by atoms with E-state index in [1.165, 1.54) is 22.3 Å². The number of rotatable bonds is 5. The second-order valence-corrected chi connectivity index (χ2v) is 9.67. The Morgan fingerprint density at radius 2 is 1.63 bits per heavy atom. The highest BCUT2D eigenvalue weighted by Crippen LogP contribution is 2.44. The lowest BCUT2D eigenvalue weighted by atomic mass is 9.81. The Kier molecular flexibility index (Phi) is 5.65. The molecule has 2 atom stereocenters. The van der Waals surface area contributed by atoms with Gasteiger partial charge in [-0.2, -0.15) is 5.10 Å². The number of ether oxygens (including phenoxy) is 2. The Morgan fingerprint density at radius 1 is 1.00 bits per heavy atom. The van der Waals surface area contributed by atoms with Crippen LogP contribution in [0.4, 0.5) is 4.79 Å². The van der Waals surface area contributed by atoms with E-state index in [1.54, 1.807) is 10.9 Å². The van der Waals surface area contributed by atoms with Crippen LogP contribution in [0.15, 0.2) is 60.9 Å². The molecule has 2 saturated heterocycles. The van der Waals surface area contributed by atoms with Crippen LogP contribution < -0.4 is 0 Å². The average molecular weight is 472 g/mol. The van der Waals surface area contributed by atoms with Crippen LogP contribution in [0, 0.1) is 5.92 Å². The van der Waals surface area contributed by atoms with E-state index in [9.17, 15) is 9.59 Å². The SMILES string of the molecule is CCn1cc(C(=O)C2CC3COCC(C2)N3C(=O)OCC2c3ccccc3-c3ccccc32)cn1. The van der Waals surface area contributed by atoms with E-state index in [1.807, 2.05) is 42.3 Å². The molecule has 35 heavy (non-hydrogen) atoms. The molecule has 7 heteroatoms. The molecule has 180 valence electrons. The molecule has 2 aromatic carbocycles. The number of aryl methyl sites for hydroxylation is 1. The normalized spacial score (nSPS) is 23.0. The third kappa shape index (κ3) is 3.84. The lowest BCUT2D eigenvalue weighted by Gasteiger charge is -2.47. The first-order valence-electron chi connectivity index (χ1n) is 12.4. The molecule has 0 saturated carbocycles. The van der Waals surface area contributed by atoms with Gasteiger partial charge in [0.15, 0.2) is 5.78 Å². The first-order chi connectivity index (χ1) is 17.1. The second-order valence-electron chi connectivity index (χ2n) is 9.67. The molecule has 1 aliphatic carbocycles. The molecule has 6 rings (SSSR count). The zero-order valence-corrected chi connectivity index (χ0v) is 19.8. The smallest absolute Gasteiger partial charge is 0.410 e. The van der Waals surface area contributed by atoms with Crippen molar-refractivity contribution in [2.75, 3.05) is 19.8 Å². The fourth-order valence-electron chi connectivity index (χ4n) is 6.00. The van der Waals surface area contributed by atoms with Gasteiger partial charge in [-0.25, -0.2) is 4.79 Å². The number of piperidine rings is 1. The van der Waals surface area contributed by atoms with Crippen LogP contribution in [0.25, 0.3) is 11.1 Å². The summed E-state index contributed by atoms with van der Waals surface area (Å²) in [6.07, 6.45) is 4.31. The number of Topliss-reactive ketones (excluding diaryl/α,β-unsaturated/α-hetero) is 1. The molecule has 2 aliphatic heterocycles. The van der Waals surface area contributed by atoms with Gasteiger partial charge < -0.3 is 9.47 Å². The minimum atomic E-state index is -0.310. The van der Waals surface area contributed by atoms with Gasteiger partial charge in [-0.15, -0.1) is 0 Å². The number of nitrogens with zero attached hydrogens (tertiary/aromatic N) is 3. The number of carbonyl (C=O) groups is 2. The summed E-state index contributed by atoms with van der Waals surface area (Å²) in [4.78, 5) is 28.3. The molecule has 2 bridgehead atoms. The van der Waals surface area contributed by atoms with Gasteiger partial charge in [0.1, 0.15) is 6.61 Å². The number of fused-ring (bicyclic) bond motifs is 5. The van der Waals surface area contributed by atoms with E-state index in [2.05, 4.69) is 29.4 Å². The summed E-state index contributed by atoms with van der Waals surface area (Å²) in [7, 11) is 0. The Hall–Kier alpha value is -3.45. The van der Waals surface area contributed by atoms with E-state index in [4.69, 9.17) is 9.47 Å². The van der Waals surface area contributed by atoms with Crippen LogP contribution in [0.2, 0.25) is 0 Å². The molecule has 3 aliphatic rings. The first kappa shape index (κ1) is 22.0. The third-order valence-electron chi connectivity index (χ3n) is 7.68. The van der Waals surface area contributed by atoms with Crippen molar-refractivity contribution in [1.82, 2.24) is 14.7 Å². The molecule has 0 spiro atoms. The fourth-order valence-corrected chi connectivity index (χ4v) is 6.00. The van der Waals surface area contributed by atoms with Gasteiger partial charge >= 0.3 is 6.09 Å². The van der Waals surface area contributed by atoms with Crippen LogP contribution in [0.1, 0.15) is 47.2 Å². The van der Waals surface area contributed by atoms with Crippen molar-refractivity contribution in [3.05, 3.63) is 77.6 Å². The van der Waals surface area contributed by atoms with Crippen LogP contribution in [-0.2, 0) is 16.0 Å². The van der Waals surface area contributed by atoms with Gasteiger partial charge in [-0.1, -0.05) is 48.5 Å². The number of amides is 1. The topological polar surface area (TPSA) is 73.7 Å². The van der Waals surface area contributed by atoms with Crippen molar-refractivity contribution in [2.24, 2.45) is 5.92 Å². The standard InChI is InChI=1S/C28H29N3O4/c1-2-30-14-19(13-29-30)27(32)18-11-20-15-34-16-21(12-18)31(20)28(33)35-17-26-24-9-5-3-7-22(24)23-8-4-6-10-25(23)26/h3-10,13-14,18,20-21,26H,2,11-12,15-17H2,1H3. The second kappa shape index (κ2) is 8.96. The summed E-state index contributed by atoms with van der Waals surface area (Å²) in [6.45, 7) is 3.88. The minimum Gasteiger partial charge on any atom is -0.448 e. The van der Waals surface area contributed by atoms with E-state index in [0.717, 1.165) is 6.54 Å². The average Bonchev–Trinajstić information content (AvgIpc) is 3.49. The lowest BCUT2D eigenvalue weighted by Crippen LogP contribution is -2.60. The maximum atomic E-state index is 13.3. The predicted molar refractivity (Wildman–Crippen MR) is 130 cm³/mol. The van der Waals surface area contributed by atoms with Crippen LogP contribution in [0.5, 0.6) is 0 Å². The Bertz CT molecular complexity index is 1210. The Labute approximate surface area is 204 Å². The number of morpholine rings is 1. The summed E-state index contributed by atoms with van der Waals surface area (Å²) >= 11 is 0. The summed E-state index contributed by atoms with van der Waals surface area (Å²) in [5, 5.41) is 4.25. The van der Waals surface area contributed by atoms with Gasteiger partial charge in [0.05, 0.1) is 37.1 Å². The monoisotopic (exact) mass is 471 g/mol. The quantitative estimate of drug-likeness (QED) is 0.512. The van der Waals surface area contributed by atoms with Crippen molar-refractivity contribution in [3.8, 4) is 11.1 Å². The first-order valence-corrected chi connectivity index (χ1v) is 12.4. The highest BCUT2D eigenvalue weighted by molar-refractivity contribution is 5.97. The molecular formula is C28H29N3O4. The number of hydrogen-bond donors (Lipinski definition) is 0. The summed E-state index contributed by atoms with van der Waals surface area (Å²) in [6, 6.07) is 16.3. The maximum Gasteiger partial charge on any atom is 0.410 e. The van der Waals surface area contributed by atoms with Crippen LogP contribution >= 0.6 is 0 Å². The zero-order chi connectivity index (χ0) is 23.9. The van der Waals surface area contributed by atoms with E-state index < -0.39 is 0 Å². The van der Waals surface area contributed by atoms with Crippen LogP contribution in [-0.4, -0.2) is 58.5 Å².